The fourth-order valence-electron chi connectivity index (χ4n) is 10.0. The van der Waals surface area contributed by atoms with E-state index < -0.39 is 20.0 Å². The van der Waals surface area contributed by atoms with Crippen LogP contribution in [0.25, 0.3) is 0 Å². The van der Waals surface area contributed by atoms with E-state index in [-0.39, 0.29) is 19.1 Å². The van der Waals surface area contributed by atoms with Crippen molar-refractivity contribution in [3.05, 3.63) is 109 Å². The van der Waals surface area contributed by atoms with Crippen LogP contribution in [0.4, 0.5) is 0 Å². The summed E-state index contributed by atoms with van der Waals surface area (Å²) in [5.74, 6) is -0.186. The Morgan fingerprint density at radius 2 is 0.726 bits per heavy atom. The lowest BCUT2D eigenvalue weighted by atomic mass is 10.0. The molecule has 0 spiro atoms. The molecule has 486 valence electrons. The Hall–Kier alpha value is -2.84. The van der Waals surface area contributed by atoms with E-state index in [1.165, 1.54) is 205 Å². The van der Waals surface area contributed by atoms with Gasteiger partial charge in [-0.1, -0.05) is 322 Å². The van der Waals surface area contributed by atoms with Gasteiger partial charge in [0, 0.05) is 6.42 Å². The van der Waals surface area contributed by atoms with Crippen molar-refractivity contribution < 1.29 is 32.9 Å². The summed E-state index contributed by atoms with van der Waals surface area (Å²) in [5.41, 5.74) is 0. The molecule has 0 rings (SSSR count). The molecule has 8 nitrogen and oxygen atoms in total. The number of carbonyl (C=O) groups excluding carboxylic acids is 1. The fourth-order valence-corrected chi connectivity index (χ4v) is 10.8. The first kappa shape index (κ1) is 81.2. The minimum absolute atomic E-state index is 0.0537. The molecule has 9 heteroatoms. The monoisotopic (exact) mass is 1190 g/mol. The van der Waals surface area contributed by atoms with E-state index in [9.17, 15) is 19.4 Å². The van der Waals surface area contributed by atoms with Crippen molar-refractivity contribution in [2.24, 2.45) is 0 Å². The van der Waals surface area contributed by atoms with E-state index >= 15 is 0 Å². The Morgan fingerprint density at radius 3 is 1.10 bits per heavy atom. The largest absolute Gasteiger partial charge is 0.472 e. The molecule has 0 aromatic carbocycles. The van der Waals surface area contributed by atoms with Gasteiger partial charge in [0.15, 0.2) is 0 Å². The van der Waals surface area contributed by atoms with Crippen LogP contribution in [-0.4, -0.2) is 73.4 Å². The second-order valence-corrected chi connectivity index (χ2v) is 26.3. The Morgan fingerprint density at radius 1 is 0.417 bits per heavy atom. The standard InChI is InChI=1S/C75H135N2O6P/c1-6-8-10-12-14-16-18-20-22-24-26-28-30-31-32-33-34-35-36-37-38-39-40-41-42-43-44-45-47-49-51-53-55-57-59-61-63-65-67-69-75(79)76-73(72-83-84(80,81)82-71-70-77(3,4)5)74(78)68-66-64-62-60-58-56-54-52-50-48-46-29-27-25-23-21-19-17-15-13-11-9-7-2/h8,10,14,16,20,22,26,28,31-32,34-35,37-38,58,60,66,68,73-74,78H,6-7,9,11-13,15,17-19,21,23-25,27,29-30,33,36,39-57,59,61-65,67,69-72H2,1-5H3,(H-,76,79,80,81)/p+1/b10-8-,16-14-,22-20-,28-26-,32-31-,35-34-,38-37-,60-58+,68-66+. The normalized spacial score (nSPS) is 14.3. The number of nitrogens with one attached hydrogen (secondary N) is 1. The molecule has 0 radical (unpaired) electrons. The van der Waals surface area contributed by atoms with Crippen LogP contribution >= 0.6 is 7.82 Å². The molecule has 0 aliphatic rings. The van der Waals surface area contributed by atoms with Gasteiger partial charge in [0.05, 0.1) is 39.9 Å². The van der Waals surface area contributed by atoms with Crippen molar-refractivity contribution in [2.75, 3.05) is 40.9 Å². The summed E-state index contributed by atoms with van der Waals surface area (Å²) in [4.78, 5) is 23.4. The number of aliphatic hydroxyl groups excluding tert-OH is 1. The average Bonchev–Trinajstić information content (AvgIpc) is 3.56. The molecule has 0 aliphatic carbocycles. The minimum atomic E-state index is -4.37. The molecule has 0 heterocycles. The van der Waals surface area contributed by atoms with Crippen LogP contribution in [0.15, 0.2) is 109 Å². The molecule has 84 heavy (non-hydrogen) atoms. The first-order chi connectivity index (χ1) is 41.0. The predicted molar refractivity (Wildman–Crippen MR) is 369 cm³/mol. The lowest BCUT2D eigenvalue weighted by Crippen LogP contribution is -2.45. The Kier molecular flexibility index (Phi) is 62.4. The summed E-state index contributed by atoms with van der Waals surface area (Å²) >= 11 is 0. The van der Waals surface area contributed by atoms with Crippen LogP contribution in [0.2, 0.25) is 0 Å². The second kappa shape index (κ2) is 64.6. The highest BCUT2D eigenvalue weighted by atomic mass is 31.2. The first-order valence-corrected chi connectivity index (χ1v) is 36.8. The summed E-state index contributed by atoms with van der Waals surface area (Å²) in [5, 5.41) is 14.0. The number of nitrogens with zero attached hydrogens (tertiary/aromatic N) is 1. The maximum atomic E-state index is 13.0. The Bertz CT molecular complexity index is 1740. The highest BCUT2D eigenvalue weighted by Gasteiger charge is 2.28. The summed E-state index contributed by atoms with van der Waals surface area (Å²) < 4.78 is 23.8. The molecule has 0 aromatic rings. The topological polar surface area (TPSA) is 105 Å². The van der Waals surface area contributed by atoms with Gasteiger partial charge < -0.3 is 19.8 Å². The number of quaternary nitrogens is 1. The van der Waals surface area contributed by atoms with E-state index in [0.29, 0.717) is 17.4 Å². The van der Waals surface area contributed by atoms with Crippen molar-refractivity contribution in [1.29, 1.82) is 0 Å². The van der Waals surface area contributed by atoms with Crippen molar-refractivity contribution in [3.63, 3.8) is 0 Å². The van der Waals surface area contributed by atoms with Crippen LogP contribution in [0.5, 0.6) is 0 Å². The van der Waals surface area contributed by atoms with Crippen LogP contribution in [-0.2, 0) is 18.4 Å². The van der Waals surface area contributed by atoms with Gasteiger partial charge in [0.1, 0.15) is 13.2 Å². The maximum absolute atomic E-state index is 13.0. The van der Waals surface area contributed by atoms with Crippen molar-refractivity contribution in [1.82, 2.24) is 5.32 Å². The summed E-state index contributed by atoms with van der Waals surface area (Å²) in [6.07, 6.45) is 95.2. The third kappa shape index (κ3) is 66.7. The molecule has 0 saturated heterocycles. The molecule has 0 aliphatic heterocycles. The van der Waals surface area contributed by atoms with Gasteiger partial charge in [0.2, 0.25) is 5.91 Å². The van der Waals surface area contributed by atoms with E-state index in [1.807, 2.05) is 27.2 Å². The predicted octanol–water partition coefficient (Wildman–Crippen LogP) is 22.7. The number of aliphatic hydroxyl groups is 1. The average molecular weight is 1190 g/mol. The Labute approximate surface area is 521 Å². The molecule has 0 aromatic heterocycles. The van der Waals surface area contributed by atoms with Crippen LogP contribution in [0.1, 0.15) is 309 Å². The maximum Gasteiger partial charge on any atom is 0.472 e. The fraction of sp³-hybridized carbons (Fsp3) is 0.747. The zero-order valence-corrected chi connectivity index (χ0v) is 56.5. The number of carbonyl (C=O) groups is 1. The highest BCUT2D eigenvalue weighted by molar-refractivity contribution is 7.47. The number of phosphoric ester groups is 1. The molecule has 3 unspecified atom stereocenters. The van der Waals surface area contributed by atoms with E-state index in [1.54, 1.807) is 6.08 Å². The zero-order valence-electron chi connectivity index (χ0n) is 55.6. The van der Waals surface area contributed by atoms with Crippen molar-refractivity contribution in [3.8, 4) is 0 Å². The van der Waals surface area contributed by atoms with Crippen molar-refractivity contribution >= 4 is 13.7 Å². The minimum Gasteiger partial charge on any atom is -0.387 e. The van der Waals surface area contributed by atoms with Gasteiger partial charge in [0.25, 0.3) is 0 Å². The molecule has 3 N–H and O–H groups in total. The van der Waals surface area contributed by atoms with E-state index in [4.69, 9.17) is 9.05 Å². The number of amides is 1. The number of phosphoric acid groups is 1. The number of hydrogen-bond donors (Lipinski definition) is 3. The first-order valence-electron chi connectivity index (χ1n) is 35.3. The summed E-state index contributed by atoms with van der Waals surface area (Å²) in [6.45, 7) is 4.71. The SMILES string of the molecule is CC/C=C\C/C=C\C/C=C\C/C=C\C/C=C\C/C=C\C/C=C\CCCCCCCCCCCCCCCCCCCC(=O)NC(COP(=O)(O)OCC[N+](C)(C)C)C(O)/C=C/CC/C=C/CCCCCCCCCCCCCCCCCCC. The van der Waals surface area contributed by atoms with E-state index in [0.717, 1.165) is 83.5 Å². The van der Waals surface area contributed by atoms with Gasteiger partial charge >= 0.3 is 7.82 Å². The molecule has 0 saturated carbocycles. The molecule has 0 bridgehead atoms. The number of unbranched alkanes of at least 4 members (excludes halogenated alkanes) is 35. The second-order valence-electron chi connectivity index (χ2n) is 24.9. The van der Waals surface area contributed by atoms with E-state index in [2.05, 4.69) is 116 Å². The van der Waals surface area contributed by atoms with Gasteiger partial charge in [-0.2, -0.15) is 0 Å². The third-order valence-electron chi connectivity index (χ3n) is 15.5. The molecule has 1 amide bonds. The number of rotatable bonds is 64. The highest BCUT2D eigenvalue weighted by Crippen LogP contribution is 2.43. The van der Waals surface area contributed by atoms with Gasteiger partial charge in [-0.25, -0.2) is 4.57 Å². The van der Waals surface area contributed by atoms with Gasteiger partial charge in [-0.05, 0) is 89.9 Å². The lowest BCUT2D eigenvalue weighted by molar-refractivity contribution is -0.870. The van der Waals surface area contributed by atoms with Gasteiger partial charge in [-0.15, -0.1) is 0 Å². The summed E-state index contributed by atoms with van der Waals surface area (Å²) in [6, 6.07) is -0.869. The number of hydrogen-bond acceptors (Lipinski definition) is 5. The zero-order chi connectivity index (χ0) is 61.2. The molecular weight excluding hydrogens is 1060 g/mol. The smallest absolute Gasteiger partial charge is 0.387 e. The van der Waals surface area contributed by atoms with Crippen molar-refractivity contribution in [2.45, 2.75) is 321 Å². The van der Waals surface area contributed by atoms with Gasteiger partial charge in [-0.3, -0.25) is 13.8 Å². The molecule has 0 fully saturated rings. The third-order valence-corrected chi connectivity index (χ3v) is 16.5. The summed E-state index contributed by atoms with van der Waals surface area (Å²) in [7, 11) is 1.56. The quantitative estimate of drug-likeness (QED) is 0.0243. The Balaban J connectivity index is 4.06. The van der Waals surface area contributed by atoms with Crippen LogP contribution < -0.4 is 5.32 Å². The molecule has 3 atom stereocenters. The number of allylic oxidation sites excluding steroid dienone is 17. The van der Waals surface area contributed by atoms with Crippen LogP contribution in [0, 0.1) is 0 Å². The molecular formula is C75H136N2O6P+. The van der Waals surface area contributed by atoms with Crippen LogP contribution in [0.3, 0.4) is 0 Å². The number of likely N-dealkylation sites (N-methyl/N-ethyl adjacent to an activating group) is 1. The lowest BCUT2D eigenvalue weighted by Gasteiger charge is -2.25.